The van der Waals surface area contributed by atoms with Crippen LogP contribution in [0.3, 0.4) is 0 Å². The van der Waals surface area contributed by atoms with Crippen molar-refractivity contribution in [1.82, 2.24) is 19.9 Å². The minimum absolute atomic E-state index is 0.102. The molecule has 8 heteroatoms. The van der Waals surface area contributed by atoms with E-state index in [1.165, 1.54) is 6.33 Å². The number of aromatic amines is 1. The number of nitrogens with zero attached hydrogens (tertiary/aromatic N) is 3. The lowest BCUT2D eigenvalue weighted by molar-refractivity contribution is 0.00880. The molecule has 130 valence electrons. The van der Waals surface area contributed by atoms with Crippen LogP contribution in [0.5, 0.6) is 0 Å². The Hall–Kier alpha value is -2.35. The number of anilines is 1. The summed E-state index contributed by atoms with van der Waals surface area (Å²) in [4.78, 5) is 25.6. The predicted molar refractivity (Wildman–Crippen MR) is 89.2 cm³/mol. The van der Waals surface area contributed by atoms with Gasteiger partial charge in [-0.3, -0.25) is 4.90 Å². The average molecular weight is 333 g/mol. The van der Waals surface area contributed by atoms with Crippen LogP contribution >= 0.6 is 0 Å². The number of aromatic nitrogens is 3. The Morgan fingerprint density at radius 2 is 2.21 bits per heavy atom. The molecule has 24 heavy (non-hydrogen) atoms. The van der Waals surface area contributed by atoms with Crippen LogP contribution in [0, 0.1) is 0 Å². The Morgan fingerprint density at radius 3 is 2.88 bits per heavy atom. The fourth-order valence-electron chi connectivity index (χ4n) is 3.19. The lowest BCUT2D eigenvalue weighted by Gasteiger charge is -2.31. The van der Waals surface area contributed by atoms with Gasteiger partial charge in [0.05, 0.1) is 24.2 Å². The van der Waals surface area contributed by atoms with E-state index in [4.69, 9.17) is 10.5 Å². The molecule has 2 atom stereocenters. The summed E-state index contributed by atoms with van der Waals surface area (Å²) < 4.78 is 5.53. The zero-order chi connectivity index (χ0) is 17.5. The molecule has 0 bridgehead atoms. The van der Waals surface area contributed by atoms with Crippen molar-refractivity contribution in [1.29, 1.82) is 0 Å². The number of carbonyl (C=O) groups excluding carboxylic acids is 1. The number of hydrogen-bond acceptors (Lipinski definition) is 6. The van der Waals surface area contributed by atoms with Gasteiger partial charge in [-0.2, -0.15) is 0 Å². The first-order valence-corrected chi connectivity index (χ1v) is 8.01. The van der Waals surface area contributed by atoms with Gasteiger partial charge in [-0.05, 0) is 33.6 Å². The number of aliphatic hydroxyl groups excluding tert-OH is 1. The zero-order valence-electron chi connectivity index (χ0n) is 14.1. The van der Waals surface area contributed by atoms with Crippen LogP contribution in [0.15, 0.2) is 12.5 Å². The first-order chi connectivity index (χ1) is 11.3. The molecule has 1 aliphatic rings. The third-order valence-electron chi connectivity index (χ3n) is 4.20. The highest BCUT2D eigenvalue weighted by Crippen LogP contribution is 2.39. The van der Waals surface area contributed by atoms with Gasteiger partial charge < -0.3 is 20.6 Å². The van der Waals surface area contributed by atoms with E-state index in [1.807, 2.05) is 20.8 Å². The number of amides is 1. The van der Waals surface area contributed by atoms with Gasteiger partial charge in [0.25, 0.3) is 0 Å². The number of nitrogens with one attached hydrogen (secondary N) is 1. The van der Waals surface area contributed by atoms with Crippen molar-refractivity contribution in [3.8, 4) is 0 Å². The Morgan fingerprint density at radius 1 is 1.46 bits per heavy atom. The summed E-state index contributed by atoms with van der Waals surface area (Å²) in [6.07, 6.45) is 4.21. The Bertz CT molecular complexity index is 752. The van der Waals surface area contributed by atoms with Gasteiger partial charge in [-0.1, -0.05) is 0 Å². The van der Waals surface area contributed by atoms with E-state index in [0.29, 0.717) is 23.3 Å². The molecule has 0 saturated carbocycles. The largest absolute Gasteiger partial charge is 0.444 e. The molecular formula is C16H23N5O3. The molecule has 1 saturated heterocycles. The number of H-pyrrole nitrogens is 1. The van der Waals surface area contributed by atoms with Crippen LogP contribution in [-0.2, 0) is 4.74 Å². The second kappa shape index (κ2) is 5.94. The lowest BCUT2D eigenvalue weighted by atomic mass is 10.1. The average Bonchev–Trinajstić information content (AvgIpc) is 3.09. The monoisotopic (exact) mass is 333 g/mol. The van der Waals surface area contributed by atoms with E-state index in [9.17, 15) is 9.90 Å². The number of rotatable bonds is 2. The first-order valence-electron chi connectivity index (χ1n) is 8.01. The molecule has 1 fully saturated rings. The summed E-state index contributed by atoms with van der Waals surface area (Å²) >= 11 is 0. The van der Waals surface area contributed by atoms with Crippen LogP contribution < -0.4 is 5.73 Å². The van der Waals surface area contributed by atoms with Crippen molar-refractivity contribution < 1.29 is 14.6 Å². The van der Waals surface area contributed by atoms with Crippen LogP contribution in [0.1, 0.15) is 45.2 Å². The molecule has 0 aromatic carbocycles. The Labute approximate surface area is 140 Å². The first kappa shape index (κ1) is 16.5. The zero-order valence-corrected chi connectivity index (χ0v) is 14.1. The molecule has 3 heterocycles. The molecule has 0 spiro atoms. The molecule has 4 N–H and O–H groups in total. The molecule has 3 rings (SSSR count). The molecule has 8 nitrogen and oxygen atoms in total. The fourth-order valence-corrected chi connectivity index (χ4v) is 3.19. The van der Waals surface area contributed by atoms with Gasteiger partial charge in [0.15, 0.2) is 5.82 Å². The minimum atomic E-state index is -0.600. The third kappa shape index (κ3) is 2.89. The quantitative estimate of drug-likeness (QED) is 0.773. The molecule has 2 aromatic rings. The number of nitrogen functional groups attached to an aromatic ring is 1. The summed E-state index contributed by atoms with van der Waals surface area (Å²) in [7, 11) is 0. The van der Waals surface area contributed by atoms with E-state index < -0.39 is 11.7 Å². The summed E-state index contributed by atoms with van der Waals surface area (Å²) in [5.41, 5.74) is 7.48. The summed E-state index contributed by atoms with van der Waals surface area (Å²) in [6.45, 7) is 5.37. The van der Waals surface area contributed by atoms with Gasteiger partial charge in [-0.15, -0.1) is 0 Å². The SMILES string of the molecule is CC(C)(C)OC(=O)N1C(CO)CCC1c1c[nH]c2c(N)ncnc12. The summed E-state index contributed by atoms with van der Waals surface area (Å²) in [5, 5.41) is 9.65. The minimum Gasteiger partial charge on any atom is -0.444 e. The van der Waals surface area contributed by atoms with Crippen LogP contribution in [0.25, 0.3) is 11.0 Å². The molecule has 0 aliphatic carbocycles. The number of fused-ring (bicyclic) bond motifs is 1. The highest BCUT2D eigenvalue weighted by atomic mass is 16.6. The maximum atomic E-state index is 12.7. The molecule has 1 aliphatic heterocycles. The number of hydrogen-bond donors (Lipinski definition) is 3. The number of ether oxygens (including phenoxy) is 1. The van der Waals surface area contributed by atoms with Crippen molar-refractivity contribution in [3.63, 3.8) is 0 Å². The van der Waals surface area contributed by atoms with Crippen molar-refractivity contribution in [2.75, 3.05) is 12.3 Å². The van der Waals surface area contributed by atoms with Gasteiger partial charge >= 0.3 is 6.09 Å². The number of carbonyl (C=O) groups is 1. The Kier molecular flexibility index (Phi) is 4.08. The van der Waals surface area contributed by atoms with Gasteiger partial charge in [0.2, 0.25) is 0 Å². The maximum Gasteiger partial charge on any atom is 0.411 e. The second-order valence-electron chi connectivity index (χ2n) is 7.04. The highest BCUT2D eigenvalue weighted by molar-refractivity contribution is 5.87. The van der Waals surface area contributed by atoms with Crippen molar-refractivity contribution in [2.45, 2.75) is 51.3 Å². The van der Waals surface area contributed by atoms with Gasteiger partial charge in [0.1, 0.15) is 17.4 Å². The molecule has 2 aromatic heterocycles. The number of aliphatic hydroxyl groups is 1. The fraction of sp³-hybridized carbons (Fsp3) is 0.562. The van der Waals surface area contributed by atoms with Crippen LogP contribution in [0.2, 0.25) is 0 Å². The van der Waals surface area contributed by atoms with E-state index in [1.54, 1.807) is 11.1 Å². The van der Waals surface area contributed by atoms with Crippen LogP contribution in [-0.4, -0.2) is 49.3 Å². The van der Waals surface area contributed by atoms with Crippen molar-refractivity contribution in [2.24, 2.45) is 0 Å². The van der Waals surface area contributed by atoms with E-state index in [0.717, 1.165) is 12.0 Å². The van der Waals surface area contributed by atoms with Crippen molar-refractivity contribution >= 4 is 22.9 Å². The maximum absolute atomic E-state index is 12.7. The molecule has 2 unspecified atom stereocenters. The molecular weight excluding hydrogens is 310 g/mol. The van der Waals surface area contributed by atoms with E-state index >= 15 is 0 Å². The predicted octanol–water partition coefficient (Wildman–Crippen LogP) is 1.97. The standard InChI is InChI=1S/C16H23N5O3/c1-16(2,3)24-15(23)21-9(7-22)4-5-11(21)10-6-18-13-12(10)19-8-20-14(13)17/h6,8-9,11,18,22H,4-5,7H2,1-3H3,(H2,17,19,20). The smallest absolute Gasteiger partial charge is 0.411 e. The molecule has 1 amide bonds. The Balaban J connectivity index is 1.98. The summed E-state index contributed by atoms with van der Waals surface area (Å²) in [5.74, 6) is 0.367. The number of likely N-dealkylation sites (tertiary alicyclic amines) is 1. The van der Waals surface area contributed by atoms with E-state index in [-0.39, 0.29) is 18.7 Å². The second-order valence-corrected chi connectivity index (χ2v) is 7.04. The van der Waals surface area contributed by atoms with Gasteiger partial charge in [-0.25, -0.2) is 14.8 Å². The number of nitrogens with two attached hydrogens (primary N) is 1. The van der Waals surface area contributed by atoms with Crippen LogP contribution in [0.4, 0.5) is 10.6 Å². The molecule has 0 radical (unpaired) electrons. The summed E-state index contributed by atoms with van der Waals surface area (Å²) in [6, 6.07) is -0.492. The highest BCUT2D eigenvalue weighted by Gasteiger charge is 2.41. The topological polar surface area (TPSA) is 117 Å². The lowest BCUT2D eigenvalue weighted by Crippen LogP contribution is -2.42. The van der Waals surface area contributed by atoms with Crippen molar-refractivity contribution in [3.05, 3.63) is 18.1 Å². The van der Waals surface area contributed by atoms with Gasteiger partial charge in [0, 0.05) is 11.8 Å². The normalized spacial score (nSPS) is 21.4. The van der Waals surface area contributed by atoms with E-state index in [2.05, 4.69) is 15.0 Å². The third-order valence-corrected chi connectivity index (χ3v) is 4.20.